The summed E-state index contributed by atoms with van der Waals surface area (Å²) in [5.41, 5.74) is 11.2. The van der Waals surface area contributed by atoms with Crippen LogP contribution in [0.1, 0.15) is 50.2 Å². The van der Waals surface area contributed by atoms with Crippen LogP contribution < -0.4 is 0 Å². The molecule has 0 bridgehead atoms. The van der Waals surface area contributed by atoms with Crippen LogP contribution in [0, 0.1) is 26.0 Å². The fraction of sp³-hybridized carbons (Fsp3) is 0.229. The molecular formula is C35H33IrN3-2. The second-order valence-electron chi connectivity index (χ2n) is 11.0. The molecule has 5 aromatic rings. The van der Waals surface area contributed by atoms with Crippen LogP contribution >= 0.6 is 0 Å². The Morgan fingerprint density at radius 3 is 2.13 bits per heavy atom. The number of rotatable bonds is 2. The van der Waals surface area contributed by atoms with Crippen LogP contribution in [0.15, 0.2) is 91.3 Å². The van der Waals surface area contributed by atoms with Gasteiger partial charge in [-0.15, -0.1) is 65.2 Å². The number of aromatic nitrogens is 3. The van der Waals surface area contributed by atoms with Gasteiger partial charge in [-0.25, -0.2) is 0 Å². The SMILES string of the molecule is Cc1ccc(-c2[c-]cccc2)nc1.Cc1ccc2c(n1)C(C)(C)C(C)(C)c1c[c-]c(-c3ccccn3)cc1-2.[Ir]. The van der Waals surface area contributed by atoms with E-state index in [0.717, 1.165) is 28.2 Å². The van der Waals surface area contributed by atoms with Crippen molar-refractivity contribution in [1.29, 1.82) is 0 Å². The summed E-state index contributed by atoms with van der Waals surface area (Å²) in [5, 5.41) is 0. The summed E-state index contributed by atoms with van der Waals surface area (Å²) in [6.45, 7) is 13.3. The quantitative estimate of drug-likeness (QED) is 0.175. The van der Waals surface area contributed by atoms with Gasteiger partial charge in [0, 0.05) is 43.6 Å². The molecule has 1 radical (unpaired) electrons. The Labute approximate surface area is 246 Å². The number of pyridine rings is 3. The number of benzene rings is 2. The van der Waals surface area contributed by atoms with Gasteiger partial charge in [-0.2, -0.15) is 0 Å². The monoisotopic (exact) mass is 688 g/mol. The third-order valence-electron chi connectivity index (χ3n) is 7.94. The van der Waals surface area contributed by atoms with E-state index >= 15 is 0 Å². The molecule has 0 unspecified atom stereocenters. The first-order chi connectivity index (χ1) is 18.2. The molecular weight excluding hydrogens is 655 g/mol. The molecule has 4 heteroatoms. The minimum absolute atomic E-state index is 0. The Morgan fingerprint density at radius 1 is 0.692 bits per heavy atom. The predicted octanol–water partition coefficient (Wildman–Crippen LogP) is 8.34. The van der Waals surface area contributed by atoms with E-state index in [0.29, 0.717) is 0 Å². The molecule has 0 saturated carbocycles. The molecule has 0 aliphatic heterocycles. The summed E-state index contributed by atoms with van der Waals surface area (Å²) in [4.78, 5) is 13.7. The standard InChI is InChI=1S/C23H23N2.C12H10N.Ir/c1-15-9-11-17-18-14-16(20-8-6-7-13-24-20)10-12-19(18)22(2,3)23(4,5)21(17)25-15;1-10-7-8-12(13-9-10)11-5-3-2-4-6-11;/h6-9,11-14H,1-5H3;2-5,7-9H,1H3;/q2*-1;. The second-order valence-corrected chi connectivity index (χ2v) is 11.0. The third-order valence-corrected chi connectivity index (χ3v) is 7.94. The summed E-state index contributed by atoms with van der Waals surface area (Å²) in [7, 11) is 0. The minimum atomic E-state index is -0.0539. The summed E-state index contributed by atoms with van der Waals surface area (Å²) in [5.74, 6) is 0. The Morgan fingerprint density at radius 2 is 1.46 bits per heavy atom. The van der Waals surface area contributed by atoms with Gasteiger partial charge < -0.3 is 9.97 Å². The molecule has 3 nitrogen and oxygen atoms in total. The van der Waals surface area contributed by atoms with Gasteiger partial charge in [0.25, 0.3) is 0 Å². The van der Waals surface area contributed by atoms with Gasteiger partial charge in [-0.1, -0.05) is 63.6 Å². The Kier molecular flexibility index (Phi) is 8.30. The molecule has 2 aromatic carbocycles. The first-order valence-corrected chi connectivity index (χ1v) is 13.0. The second kappa shape index (κ2) is 11.3. The van der Waals surface area contributed by atoms with Gasteiger partial charge in [0.2, 0.25) is 0 Å². The summed E-state index contributed by atoms with van der Waals surface area (Å²) >= 11 is 0. The van der Waals surface area contributed by atoms with E-state index in [1.807, 2.05) is 67.8 Å². The van der Waals surface area contributed by atoms with Crippen LogP contribution in [0.25, 0.3) is 33.6 Å². The fourth-order valence-electron chi connectivity index (χ4n) is 4.96. The van der Waals surface area contributed by atoms with Crippen molar-refractivity contribution in [3.05, 3.63) is 126 Å². The van der Waals surface area contributed by atoms with Crippen molar-refractivity contribution in [2.24, 2.45) is 0 Å². The van der Waals surface area contributed by atoms with Crippen molar-refractivity contribution in [3.63, 3.8) is 0 Å². The molecule has 39 heavy (non-hydrogen) atoms. The predicted molar refractivity (Wildman–Crippen MR) is 156 cm³/mol. The maximum absolute atomic E-state index is 4.94. The van der Waals surface area contributed by atoms with E-state index in [-0.39, 0.29) is 30.9 Å². The number of hydrogen-bond donors (Lipinski definition) is 0. The molecule has 0 N–H and O–H groups in total. The van der Waals surface area contributed by atoms with Crippen LogP contribution in [-0.2, 0) is 30.9 Å². The maximum Gasteiger partial charge on any atom is 0.0526 e. The largest absolute Gasteiger partial charge is 0.305 e. The summed E-state index contributed by atoms with van der Waals surface area (Å²) < 4.78 is 0. The average molecular weight is 688 g/mol. The molecule has 1 aliphatic carbocycles. The van der Waals surface area contributed by atoms with Gasteiger partial charge in [0.05, 0.1) is 5.69 Å². The number of hydrogen-bond acceptors (Lipinski definition) is 3. The molecule has 6 rings (SSSR count). The molecule has 0 fully saturated rings. The van der Waals surface area contributed by atoms with Crippen molar-refractivity contribution in [2.45, 2.75) is 52.4 Å². The Balaban J connectivity index is 0.000000213. The zero-order valence-corrected chi connectivity index (χ0v) is 25.7. The number of aryl methyl sites for hydroxylation is 2. The fourth-order valence-corrected chi connectivity index (χ4v) is 4.96. The van der Waals surface area contributed by atoms with Crippen LogP contribution in [0.2, 0.25) is 0 Å². The van der Waals surface area contributed by atoms with E-state index in [1.165, 1.54) is 27.9 Å². The number of fused-ring (bicyclic) bond motifs is 3. The van der Waals surface area contributed by atoms with Crippen molar-refractivity contribution >= 4 is 0 Å². The zero-order chi connectivity index (χ0) is 26.9. The van der Waals surface area contributed by atoms with Crippen molar-refractivity contribution in [2.75, 3.05) is 0 Å². The Hall–Kier alpha value is -3.46. The first kappa shape index (κ1) is 28.5. The topological polar surface area (TPSA) is 38.7 Å². The van der Waals surface area contributed by atoms with Crippen molar-refractivity contribution in [1.82, 2.24) is 15.0 Å². The smallest absolute Gasteiger partial charge is 0.0526 e. The molecule has 3 aromatic heterocycles. The zero-order valence-electron chi connectivity index (χ0n) is 23.3. The van der Waals surface area contributed by atoms with E-state index in [4.69, 9.17) is 4.98 Å². The average Bonchev–Trinajstić information content (AvgIpc) is 2.94. The summed E-state index contributed by atoms with van der Waals surface area (Å²) in [6, 6.07) is 33.2. The van der Waals surface area contributed by atoms with E-state index < -0.39 is 0 Å². The van der Waals surface area contributed by atoms with Crippen LogP contribution in [0.4, 0.5) is 0 Å². The molecule has 0 amide bonds. The third kappa shape index (κ3) is 5.50. The van der Waals surface area contributed by atoms with Gasteiger partial charge >= 0.3 is 0 Å². The molecule has 0 atom stereocenters. The Bertz CT molecular complexity index is 1560. The maximum atomic E-state index is 4.94. The number of nitrogens with zero attached hydrogens (tertiary/aromatic N) is 3. The van der Waals surface area contributed by atoms with Gasteiger partial charge in [-0.05, 0) is 53.9 Å². The van der Waals surface area contributed by atoms with Crippen LogP contribution in [-0.4, -0.2) is 15.0 Å². The van der Waals surface area contributed by atoms with Gasteiger partial charge in [0.15, 0.2) is 0 Å². The molecule has 3 heterocycles. The summed E-state index contributed by atoms with van der Waals surface area (Å²) in [6.07, 6.45) is 3.70. The van der Waals surface area contributed by atoms with Crippen LogP contribution in [0.3, 0.4) is 0 Å². The molecule has 199 valence electrons. The molecule has 0 spiro atoms. The first-order valence-electron chi connectivity index (χ1n) is 13.0. The van der Waals surface area contributed by atoms with E-state index in [1.54, 1.807) is 0 Å². The van der Waals surface area contributed by atoms with Gasteiger partial charge in [0.1, 0.15) is 0 Å². The van der Waals surface area contributed by atoms with Crippen molar-refractivity contribution in [3.8, 4) is 33.6 Å². The molecule has 0 saturated heterocycles. The van der Waals surface area contributed by atoms with Gasteiger partial charge in [-0.3, -0.25) is 4.98 Å². The normalized spacial score (nSPS) is 14.1. The molecule has 1 aliphatic rings. The van der Waals surface area contributed by atoms with Crippen molar-refractivity contribution < 1.29 is 20.1 Å². The minimum Gasteiger partial charge on any atom is -0.305 e. The van der Waals surface area contributed by atoms with Crippen LogP contribution in [0.5, 0.6) is 0 Å². The van der Waals surface area contributed by atoms with E-state index in [9.17, 15) is 0 Å². The van der Waals surface area contributed by atoms with E-state index in [2.05, 4.69) is 87.1 Å².